The lowest BCUT2D eigenvalue weighted by atomic mass is 10.3. The number of ether oxygens (including phenoxy) is 2. The number of hydrogen-bond donors (Lipinski definition) is 1. The van der Waals surface area contributed by atoms with E-state index in [2.05, 4.69) is 10.3 Å². The fourth-order valence-corrected chi connectivity index (χ4v) is 1.68. The highest BCUT2D eigenvalue weighted by atomic mass is 16.5. The SMILES string of the molecule is COc1cccc(OCc2c(C(=O)O)nnn2CC#N)c1. The molecule has 1 aromatic carbocycles. The minimum absolute atomic E-state index is 0.0660. The highest BCUT2D eigenvalue weighted by Gasteiger charge is 2.19. The van der Waals surface area contributed by atoms with Crippen molar-refractivity contribution in [3.8, 4) is 17.6 Å². The fourth-order valence-electron chi connectivity index (χ4n) is 1.68. The topological polar surface area (TPSA) is 110 Å². The van der Waals surface area contributed by atoms with Crippen LogP contribution in [0, 0.1) is 11.3 Å². The molecule has 108 valence electrons. The van der Waals surface area contributed by atoms with Crippen molar-refractivity contribution in [1.29, 1.82) is 5.26 Å². The molecule has 2 rings (SSSR count). The van der Waals surface area contributed by atoms with E-state index in [1.54, 1.807) is 24.3 Å². The van der Waals surface area contributed by atoms with Crippen LogP contribution in [0.1, 0.15) is 16.2 Å². The van der Waals surface area contributed by atoms with Crippen molar-refractivity contribution >= 4 is 5.97 Å². The van der Waals surface area contributed by atoms with Gasteiger partial charge in [-0.2, -0.15) is 5.26 Å². The number of aromatic carboxylic acids is 1. The molecule has 0 saturated heterocycles. The number of hydrogen-bond acceptors (Lipinski definition) is 6. The number of carbonyl (C=O) groups is 1. The molecule has 0 unspecified atom stereocenters. The molecule has 0 amide bonds. The molecule has 0 radical (unpaired) electrons. The van der Waals surface area contributed by atoms with Gasteiger partial charge >= 0.3 is 5.97 Å². The van der Waals surface area contributed by atoms with Crippen molar-refractivity contribution in [1.82, 2.24) is 15.0 Å². The first-order chi connectivity index (χ1) is 10.2. The average Bonchev–Trinajstić information content (AvgIpc) is 2.89. The summed E-state index contributed by atoms with van der Waals surface area (Å²) in [4.78, 5) is 11.1. The zero-order chi connectivity index (χ0) is 15.2. The molecule has 0 aliphatic rings. The van der Waals surface area contributed by atoms with Crippen molar-refractivity contribution < 1.29 is 19.4 Å². The third-order valence-corrected chi connectivity index (χ3v) is 2.68. The Morgan fingerprint density at radius 1 is 1.48 bits per heavy atom. The Morgan fingerprint density at radius 3 is 2.90 bits per heavy atom. The van der Waals surface area contributed by atoms with E-state index in [1.807, 2.05) is 6.07 Å². The van der Waals surface area contributed by atoms with E-state index < -0.39 is 5.97 Å². The predicted molar refractivity (Wildman–Crippen MR) is 69.9 cm³/mol. The number of nitriles is 1. The van der Waals surface area contributed by atoms with E-state index in [0.29, 0.717) is 11.5 Å². The van der Waals surface area contributed by atoms with Crippen LogP contribution in [0.4, 0.5) is 0 Å². The third-order valence-electron chi connectivity index (χ3n) is 2.68. The van der Waals surface area contributed by atoms with Gasteiger partial charge in [-0.3, -0.25) is 0 Å². The molecule has 1 N–H and O–H groups in total. The molecule has 0 fully saturated rings. The third kappa shape index (κ3) is 3.27. The zero-order valence-corrected chi connectivity index (χ0v) is 11.2. The van der Waals surface area contributed by atoms with Gasteiger partial charge in [0.15, 0.2) is 5.69 Å². The van der Waals surface area contributed by atoms with Crippen LogP contribution in [0.5, 0.6) is 11.5 Å². The number of rotatable bonds is 6. The first kappa shape index (κ1) is 14.3. The molecule has 21 heavy (non-hydrogen) atoms. The van der Waals surface area contributed by atoms with Gasteiger partial charge in [0.1, 0.15) is 30.3 Å². The van der Waals surface area contributed by atoms with E-state index in [4.69, 9.17) is 19.8 Å². The Kier molecular flexibility index (Phi) is 4.36. The van der Waals surface area contributed by atoms with Crippen LogP contribution in [-0.2, 0) is 13.2 Å². The maximum absolute atomic E-state index is 11.1. The Balaban J connectivity index is 2.20. The van der Waals surface area contributed by atoms with Crippen LogP contribution >= 0.6 is 0 Å². The molecule has 0 bridgehead atoms. The molecule has 0 atom stereocenters. The molecule has 0 aliphatic heterocycles. The van der Waals surface area contributed by atoms with E-state index >= 15 is 0 Å². The molecule has 0 aliphatic carbocycles. The second-order valence-corrected chi connectivity index (χ2v) is 3.97. The summed E-state index contributed by atoms with van der Waals surface area (Å²) in [5, 5.41) is 24.9. The van der Waals surface area contributed by atoms with Crippen LogP contribution in [-0.4, -0.2) is 33.2 Å². The second kappa shape index (κ2) is 6.38. The summed E-state index contributed by atoms with van der Waals surface area (Å²) in [7, 11) is 1.54. The number of nitrogens with zero attached hydrogens (tertiary/aromatic N) is 4. The first-order valence-corrected chi connectivity index (χ1v) is 5.95. The molecule has 1 aromatic heterocycles. The lowest BCUT2D eigenvalue weighted by molar-refractivity contribution is 0.0687. The normalized spacial score (nSPS) is 9.90. The number of aromatic nitrogens is 3. The summed E-state index contributed by atoms with van der Waals surface area (Å²) in [5.74, 6) is -0.0894. The lowest BCUT2D eigenvalue weighted by Gasteiger charge is -2.08. The average molecular weight is 288 g/mol. The number of benzene rings is 1. The highest BCUT2D eigenvalue weighted by molar-refractivity contribution is 5.86. The van der Waals surface area contributed by atoms with Crippen LogP contribution in [0.3, 0.4) is 0 Å². The highest BCUT2D eigenvalue weighted by Crippen LogP contribution is 2.20. The summed E-state index contributed by atoms with van der Waals surface area (Å²) in [6.45, 7) is -0.166. The number of carboxylic acids is 1. The van der Waals surface area contributed by atoms with Crippen molar-refractivity contribution in [2.75, 3.05) is 7.11 Å². The van der Waals surface area contributed by atoms with Crippen LogP contribution in [0.25, 0.3) is 0 Å². The van der Waals surface area contributed by atoms with Gasteiger partial charge in [-0.25, -0.2) is 9.48 Å². The Morgan fingerprint density at radius 2 is 2.24 bits per heavy atom. The first-order valence-electron chi connectivity index (χ1n) is 5.95. The smallest absolute Gasteiger partial charge is 0.358 e. The van der Waals surface area contributed by atoms with Gasteiger partial charge in [-0.1, -0.05) is 11.3 Å². The zero-order valence-electron chi connectivity index (χ0n) is 11.2. The fraction of sp³-hybridized carbons (Fsp3) is 0.231. The maximum atomic E-state index is 11.1. The van der Waals surface area contributed by atoms with Crippen molar-refractivity contribution in [2.24, 2.45) is 0 Å². The quantitative estimate of drug-likeness (QED) is 0.846. The minimum atomic E-state index is -1.22. The van der Waals surface area contributed by atoms with E-state index in [0.717, 1.165) is 0 Å². The van der Waals surface area contributed by atoms with Gasteiger partial charge in [0.25, 0.3) is 0 Å². The van der Waals surface area contributed by atoms with Gasteiger partial charge < -0.3 is 14.6 Å². The van der Waals surface area contributed by atoms with Crippen LogP contribution in [0.2, 0.25) is 0 Å². The van der Waals surface area contributed by atoms with Gasteiger partial charge in [0.2, 0.25) is 0 Å². The Labute approximate surface area is 120 Å². The van der Waals surface area contributed by atoms with Crippen LogP contribution < -0.4 is 9.47 Å². The van der Waals surface area contributed by atoms with Crippen molar-refractivity contribution in [3.05, 3.63) is 35.7 Å². The monoisotopic (exact) mass is 288 g/mol. The van der Waals surface area contributed by atoms with Gasteiger partial charge in [0.05, 0.1) is 13.2 Å². The van der Waals surface area contributed by atoms with Crippen molar-refractivity contribution in [3.63, 3.8) is 0 Å². The molecule has 2 aromatic rings. The van der Waals surface area contributed by atoms with E-state index in [1.165, 1.54) is 11.8 Å². The molecule has 8 nitrogen and oxygen atoms in total. The molecule has 8 heteroatoms. The number of methoxy groups -OCH3 is 1. The molecule has 0 saturated carbocycles. The minimum Gasteiger partial charge on any atom is -0.497 e. The standard InChI is InChI=1S/C13H12N4O4/c1-20-9-3-2-4-10(7-9)21-8-11-12(13(18)19)15-16-17(11)6-5-14/h2-4,7H,6,8H2,1H3,(H,18,19). The number of carboxylic acid groups (broad SMARTS) is 1. The largest absolute Gasteiger partial charge is 0.497 e. The molecule has 1 heterocycles. The van der Waals surface area contributed by atoms with E-state index in [9.17, 15) is 4.79 Å². The summed E-state index contributed by atoms with van der Waals surface area (Å²) < 4.78 is 11.8. The summed E-state index contributed by atoms with van der Waals surface area (Å²) in [6.07, 6.45) is 0. The van der Waals surface area contributed by atoms with Gasteiger partial charge in [0, 0.05) is 6.07 Å². The summed E-state index contributed by atoms with van der Waals surface area (Å²) in [5.41, 5.74) is 0.0000148. The van der Waals surface area contributed by atoms with Gasteiger partial charge in [-0.05, 0) is 12.1 Å². The lowest BCUT2D eigenvalue weighted by Crippen LogP contribution is -2.11. The molecule has 0 spiro atoms. The van der Waals surface area contributed by atoms with Crippen LogP contribution in [0.15, 0.2) is 24.3 Å². The molecular weight excluding hydrogens is 276 g/mol. The van der Waals surface area contributed by atoms with Crippen molar-refractivity contribution in [2.45, 2.75) is 13.2 Å². The maximum Gasteiger partial charge on any atom is 0.358 e. The second-order valence-electron chi connectivity index (χ2n) is 3.97. The Bertz CT molecular complexity index is 690. The molecular formula is C13H12N4O4. The summed E-state index contributed by atoms with van der Waals surface area (Å²) in [6, 6.07) is 8.77. The van der Waals surface area contributed by atoms with E-state index in [-0.39, 0.29) is 24.5 Å². The Hall–Kier alpha value is -3.08. The van der Waals surface area contributed by atoms with Gasteiger partial charge in [-0.15, -0.1) is 5.10 Å². The predicted octanol–water partition coefficient (Wildman–Crippen LogP) is 1.09. The summed E-state index contributed by atoms with van der Waals surface area (Å²) >= 11 is 0.